The Morgan fingerprint density at radius 2 is 1.45 bits per heavy atom. The van der Waals surface area contributed by atoms with Gasteiger partial charge in [-0.2, -0.15) is 0 Å². The maximum absolute atomic E-state index is 11.3. The van der Waals surface area contributed by atoms with E-state index in [1.54, 1.807) is 0 Å². The number of aliphatic hydroxyl groups is 3. The first-order valence-corrected chi connectivity index (χ1v) is 14.2. The fourth-order valence-corrected chi connectivity index (χ4v) is 11.7. The standard InChI is InChI=1S/C30H52O3/c1-25(2)21-11-15-29(6)22(27(21,4)14-12-23(25)32)9-8-19-24-20(30(7,33)18-31)10-13-26(24,3)16-17-28(19,29)5/h19-24,31-33H,8-18H2,1-7H3. The van der Waals surface area contributed by atoms with Crippen molar-refractivity contribution < 1.29 is 15.3 Å². The Labute approximate surface area is 203 Å². The monoisotopic (exact) mass is 460 g/mol. The molecule has 0 aromatic carbocycles. The van der Waals surface area contributed by atoms with Gasteiger partial charge < -0.3 is 15.3 Å². The molecule has 5 aliphatic carbocycles. The molecule has 5 saturated carbocycles. The van der Waals surface area contributed by atoms with E-state index in [0.717, 1.165) is 18.8 Å². The van der Waals surface area contributed by atoms with E-state index in [0.29, 0.717) is 39.4 Å². The van der Waals surface area contributed by atoms with Crippen LogP contribution in [0.4, 0.5) is 0 Å². The van der Waals surface area contributed by atoms with Gasteiger partial charge in [0.05, 0.1) is 18.3 Å². The second-order valence-electron chi connectivity index (χ2n) is 15.4. The highest BCUT2D eigenvalue weighted by molar-refractivity contribution is 5.19. The summed E-state index contributed by atoms with van der Waals surface area (Å²) >= 11 is 0. The van der Waals surface area contributed by atoms with Gasteiger partial charge >= 0.3 is 0 Å². The van der Waals surface area contributed by atoms with Crippen LogP contribution in [-0.4, -0.2) is 33.6 Å². The number of aliphatic hydroxyl groups excluding tert-OH is 2. The van der Waals surface area contributed by atoms with Gasteiger partial charge in [-0.1, -0.05) is 41.5 Å². The van der Waals surface area contributed by atoms with E-state index in [2.05, 4.69) is 41.5 Å². The summed E-state index contributed by atoms with van der Waals surface area (Å²) < 4.78 is 0. The largest absolute Gasteiger partial charge is 0.393 e. The van der Waals surface area contributed by atoms with Crippen LogP contribution in [0.25, 0.3) is 0 Å². The van der Waals surface area contributed by atoms with Crippen LogP contribution in [0.2, 0.25) is 0 Å². The molecule has 11 atom stereocenters. The predicted octanol–water partition coefficient (Wildman–Crippen LogP) is 6.19. The van der Waals surface area contributed by atoms with Crippen molar-refractivity contribution in [2.45, 2.75) is 124 Å². The van der Waals surface area contributed by atoms with Gasteiger partial charge in [-0.3, -0.25) is 0 Å². The third-order valence-corrected chi connectivity index (χ3v) is 13.9. The Bertz CT molecular complexity index is 789. The Hall–Kier alpha value is -0.120. The lowest BCUT2D eigenvalue weighted by Crippen LogP contribution is -2.67. The van der Waals surface area contributed by atoms with E-state index >= 15 is 0 Å². The Morgan fingerprint density at radius 3 is 2.12 bits per heavy atom. The topological polar surface area (TPSA) is 60.7 Å². The summed E-state index contributed by atoms with van der Waals surface area (Å²) in [5, 5.41) is 32.2. The predicted molar refractivity (Wildman–Crippen MR) is 134 cm³/mol. The summed E-state index contributed by atoms with van der Waals surface area (Å²) in [4.78, 5) is 0. The summed E-state index contributed by atoms with van der Waals surface area (Å²) in [6.07, 6.45) is 11.9. The van der Waals surface area contributed by atoms with Crippen LogP contribution in [0.5, 0.6) is 0 Å². The van der Waals surface area contributed by atoms with E-state index in [9.17, 15) is 15.3 Å². The van der Waals surface area contributed by atoms with Gasteiger partial charge in [0.25, 0.3) is 0 Å². The molecule has 0 amide bonds. The van der Waals surface area contributed by atoms with Gasteiger partial charge in [-0.25, -0.2) is 0 Å². The fourth-order valence-electron chi connectivity index (χ4n) is 11.7. The van der Waals surface area contributed by atoms with E-state index in [1.165, 1.54) is 51.4 Å². The van der Waals surface area contributed by atoms with Gasteiger partial charge in [0.1, 0.15) is 0 Å². The van der Waals surface area contributed by atoms with Crippen molar-refractivity contribution in [3.63, 3.8) is 0 Å². The zero-order valence-electron chi connectivity index (χ0n) is 22.6. The smallest absolute Gasteiger partial charge is 0.0880 e. The molecule has 0 bridgehead atoms. The molecule has 0 aliphatic heterocycles. The third-order valence-electron chi connectivity index (χ3n) is 13.9. The summed E-state index contributed by atoms with van der Waals surface area (Å²) in [6.45, 7) is 16.8. The summed E-state index contributed by atoms with van der Waals surface area (Å²) in [5.74, 6) is 2.71. The maximum atomic E-state index is 11.3. The zero-order chi connectivity index (χ0) is 24.2. The number of fused-ring (bicyclic) bond motifs is 7. The molecule has 3 nitrogen and oxygen atoms in total. The minimum atomic E-state index is -0.967. The van der Waals surface area contributed by atoms with E-state index in [1.807, 2.05) is 6.92 Å². The highest BCUT2D eigenvalue weighted by atomic mass is 16.3. The van der Waals surface area contributed by atoms with E-state index < -0.39 is 5.60 Å². The molecule has 33 heavy (non-hydrogen) atoms. The van der Waals surface area contributed by atoms with Gasteiger partial charge in [-0.15, -0.1) is 0 Å². The first-order valence-electron chi connectivity index (χ1n) is 14.2. The maximum Gasteiger partial charge on any atom is 0.0880 e. The van der Waals surface area contributed by atoms with Crippen molar-refractivity contribution in [1.29, 1.82) is 0 Å². The van der Waals surface area contributed by atoms with Crippen molar-refractivity contribution >= 4 is 0 Å². The van der Waals surface area contributed by atoms with Crippen LogP contribution >= 0.6 is 0 Å². The Morgan fingerprint density at radius 1 is 0.758 bits per heavy atom. The van der Waals surface area contributed by atoms with Crippen molar-refractivity contribution in [1.82, 2.24) is 0 Å². The molecule has 3 N–H and O–H groups in total. The molecule has 0 radical (unpaired) electrons. The van der Waals surface area contributed by atoms with Crippen LogP contribution in [0.1, 0.15) is 113 Å². The lowest BCUT2D eigenvalue weighted by molar-refractivity contribution is -0.251. The summed E-state index contributed by atoms with van der Waals surface area (Å²) in [7, 11) is 0. The van der Waals surface area contributed by atoms with Crippen LogP contribution in [0.3, 0.4) is 0 Å². The van der Waals surface area contributed by atoms with Crippen molar-refractivity contribution in [2.75, 3.05) is 6.61 Å². The van der Waals surface area contributed by atoms with Crippen LogP contribution in [-0.2, 0) is 0 Å². The lowest BCUT2D eigenvalue weighted by atomic mass is 9.32. The second-order valence-corrected chi connectivity index (χ2v) is 15.4. The molecule has 0 saturated heterocycles. The molecule has 0 spiro atoms. The minimum absolute atomic E-state index is 0.00754. The first kappa shape index (κ1) is 24.6. The minimum Gasteiger partial charge on any atom is -0.393 e. The van der Waals surface area contributed by atoms with Crippen LogP contribution in [0, 0.1) is 56.7 Å². The molecule has 5 rings (SSSR count). The van der Waals surface area contributed by atoms with Gasteiger partial charge in [0, 0.05) is 0 Å². The molecular weight excluding hydrogens is 408 g/mol. The van der Waals surface area contributed by atoms with Gasteiger partial charge in [0.15, 0.2) is 0 Å². The zero-order valence-corrected chi connectivity index (χ0v) is 22.6. The van der Waals surface area contributed by atoms with Gasteiger partial charge in [-0.05, 0) is 128 Å². The van der Waals surface area contributed by atoms with Crippen molar-refractivity contribution in [2.24, 2.45) is 56.7 Å². The van der Waals surface area contributed by atoms with Crippen LogP contribution < -0.4 is 0 Å². The van der Waals surface area contributed by atoms with Crippen molar-refractivity contribution in [3.05, 3.63) is 0 Å². The van der Waals surface area contributed by atoms with E-state index in [4.69, 9.17) is 0 Å². The molecule has 0 heterocycles. The highest BCUT2D eigenvalue weighted by Crippen LogP contribution is 2.77. The van der Waals surface area contributed by atoms with Crippen LogP contribution in [0.15, 0.2) is 0 Å². The molecule has 3 heteroatoms. The van der Waals surface area contributed by atoms with Crippen molar-refractivity contribution in [3.8, 4) is 0 Å². The molecule has 0 aromatic rings. The molecule has 190 valence electrons. The molecule has 0 aromatic heterocycles. The summed E-state index contributed by atoms with van der Waals surface area (Å²) in [6, 6.07) is 0. The quantitative estimate of drug-likeness (QED) is 0.460. The molecule has 11 unspecified atom stereocenters. The fraction of sp³-hybridized carbons (Fsp3) is 1.00. The normalized spacial score (nSPS) is 57.3. The van der Waals surface area contributed by atoms with Gasteiger partial charge in [0.2, 0.25) is 0 Å². The second kappa shape index (κ2) is 7.22. The molecule has 5 fully saturated rings. The average Bonchev–Trinajstić information content (AvgIpc) is 3.10. The SMILES string of the molecule is CC(O)(CO)C1CCC2(C)CCC3(C)C(CCC4C5(C)CCC(O)C(C)(C)C5CCC43C)C12. The Kier molecular flexibility index (Phi) is 5.38. The average molecular weight is 461 g/mol. The first-order chi connectivity index (χ1) is 15.2. The number of rotatable bonds is 2. The molecule has 5 aliphatic rings. The number of hydrogen-bond donors (Lipinski definition) is 3. The third kappa shape index (κ3) is 2.97. The lowest BCUT2D eigenvalue weighted by Gasteiger charge is -2.73. The molecular formula is C30H52O3. The highest BCUT2D eigenvalue weighted by Gasteiger charge is 2.70. The Balaban J connectivity index is 1.54. The van der Waals surface area contributed by atoms with E-state index in [-0.39, 0.29) is 24.0 Å². The number of hydrogen-bond acceptors (Lipinski definition) is 3. The summed E-state index contributed by atoms with van der Waals surface area (Å²) in [5.41, 5.74) is 0.284.